The van der Waals surface area contributed by atoms with Gasteiger partial charge in [-0.15, -0.1) is 24.0 Å². The number of nitrogens with two attached hydrogens (primary N) is 1. The molecule has 140 valence electrons. The van der Waals surface area contributed by atoms with Crippen molar-refractivity contribution in [3.8, 4) is 0 Å². The van der Waals surface area contributed by atoms with E-state index in [0.717, 1.165) is 23.0 Å². The molecule has 0 fully saturated rings. The average molecular weight is 531 g/mol. The molecule has 0 aliphatic carbocycles. The Morgan fingerprint density at radius 2 is 1.77 bits per heavy atom. The van der Waals surface area contributed by atoms with Crippen LogP contribution < -0.4 is 16.4 Å². The number of anilines is 1. The molecule has 0 radical (unpaired) electrons. The molecular weight excluding hydrogens is 507 g/mol. The van der Waals surface area contributed by atoms with E-state index in [1.54, 1.807) is 12.1 Å². The maximum Gasteiger partial charge on any atom is 0.251 e. The number of aliphatic imine (C=N–C) groups is 1. The molecule has 0 saturated heterocycles. The van der Waals surface area contributed by atoms with E-state index in [4.69, 9.17) is 5.73 Å². The Bertz CT molecular complexity index is 717. The number of nitrogens with one attached hydrogen (secondary N) is 2. The second kappa shape index (κ2) is 11.9. The van der Waals surface area contributed by atoms with Gasteiger partial charge in [0, 0.05) is 28.8 Å². The molecule has 4 N–H and O–H groups in total. The summed E-state index contributed by atoms with van der Waals surface area (Å²) in [6.45, 7) is 3.22. The number of hydrogen-bond acceptors (Lipinski definition) is 2. The summed E-state index contributed by atoms with van der Waals surface area (Å²) in [7, 11) is 0. The van der Waals surface area contributed by atoms with Crippen molar-refractivity contribution < 1.29 is 4.79 Å². The van der Waals surface area contributed by atoms with Crippen molar-refractivity contribution in [3.63, 3.8) is 0 Å². The third-order valence-corrected chi connectivity index (χ3v) is 4.17. The fraction of sp³-hybridized carbons (Fsp3) is 0.263. The van der Waals surface area contributed by atoms with E-state index < -0.39 is 0 Å². The fourth-order valence-electron chi connectivity index (χ4n) is 2.20. The van der Waals surface area contributed by atoms with Crippen molar-refractivity contribution in [3.05, 3.63) is 64.1 Å². The van der Waals surface area contributed by atoms with Gasteiger partial charge in [-0.1, -0.05) is 35.0 Å². The summed E-state index contributed by atoms with van der Waals surface area (Å²) in [4.78, 5) is 16.2. The van der Waals surface area contributed by atoms with Gasteiger partial charge in [-0.2, -0.15) is 0 Å². The predicted molar refractivity (Wildman–Crippen MR) is 122 cm³/mol. The molecule has 0 unspecified atom stereocenters. The highest BCUT2D eigenvalue weighted by molar-refractivity contribution is 14.0. The number of guanidine groups is 1. The highest BCUT2D eigenvalue weighted by Crippen LogP contribution is 2.10. The molecule has 7 heteroatoms. The van der Waals surface area contributed by atoms with E-state index >= 15 is 0 Å². The van der Waals surface area contributed by atoms with Crippen LogP contribution in [0.15, 0.2) is 58.0 Å². The van der Waals surface area contributed by atoms with Gasteiger partial charge in [0.15, 0.2) is 5.96 Å². The van der Waals surface area contributed by atoms with E-state index in [-0.39, 0.29) is 29.9 Å². The molecule has 0 bridgehead atoms. The first-order chi connectivity index (χ1) is 12.1. The fourth-order valence-corrected chi connectivity index (χ4v) is 2.46. The Morgan fingerprint density at radius 1 is 1.12 bits per heavy atom. The van der Waals surface area contributed by atoms with Gasteiger partial charge >= 0.3 is 0 Å². The first-order valence-electron chi connectivity index (χ1n) is 8.28. The second-order valence-corrected chi connectivity index (χ2v) is 6.47. The first kappa shape index (κ1) is 22.4. The molecule has 2 aromatic rings. The summed E-state index contributed by atoms with van der Waals surface area (Å²) in [6.07, 6.45) is 1.73. The molecule has 0 spiro atoms. The van der Waals surface area contributed by atoms with Gasteiger partial charge in [-0.25, -0.2) is 0 Å². The Morgan fingerprint density at radius 3 is 2.38 bits per heavy atom. The van der Waals surface area contributed by atoms with Gasteiger partial charge in [0.05, 0.1) is 0 Å². The maximum atomic E-state index is 11.9. The van der Waals surface area contributed by atoms with Crippen molar-refractivity contribution in [2.75, 3.05) is 18.4 Å². The van der Waals surface area contributed by atoms with Crippen LogP contribution in [0.1, 0.15) is 29.3 Å². The van der Waals surface area contributed by atoms with Crippen LogP contribution >= 0.6 is 39.9 Å². The largest absolute Gasteiger partial charge is 0.370 e. The number of halogens is 2. The van der Waals surface area contributed by atoms with Crippen molar-refractivity contribution in [2.45, 2.75) is 19.8 Å². The number of hydrogen-bond donors (Lipinski definition) is 3. The molecule has 0 atom stereocenters. The molecule has 5 nitrogen and oxygen atoms in total. The molecular formula is C19H24BrIN4O. The normalized spacial score (nSPS) is 10.8. The lowest BCUT2D eigenvalue weighted by Gasteiger charge is -2.07. The smallest absolute Gasteiger partial charge is 0.251 e. The minimum Gasteiger partial charge on any atom is -0.370 e. The predicted octanol–water partition coefficient (Wildman–Crippen LogP) is 4.18. The van der Waals surface area contributed by atoms with E-state index in [2.05, 4.69) is 50.6 Å². The number of carbonyl (C=O) groups excluding carboxylic acids is 1. The molecule has 0 aromatic heterocycles. The zero-order valence-corrected chi connectivity index (χ0v) is 18.6. The first-order valence-corrected chi connectivity index (χ1v) is 9.07. The Labute approximate surface area is 180 Å². The van der Waals surface area contributed by atoms with Crippen LogP contribution in [0, 0.1) is 0 Å². The zero-order chi connectivity index (χ0) is 18.1. The zero-order valence-electron chi connectivity index (χ0n) is 14.7. The van der Waals surface area contributed by atoms with E-state index in [1.807, 2.05) is 24.3 Å². The number of amides is 1. The van der Waals surface area contributed by atoms with Crippen LogP contribution in [0.3, 0.4) is 0 Å². The standard InChI is InChI=1S/C19H23BrN4O.HI/c1-2-14-4-10-17(11-5-14)24-19(21)23-13-3-12-22-18(25)15-6-8-16(20)9-7-15;/h4-11H,2-3,12-13H2,1H3,(H,22,25)(H3,21,23,24);1H. The molecule has 2 aromatic carbocycles. The number of carbonyl (C=O) groups is 1. The molecule has 26 heavy (non-hydrogen) atoms. The third-order valence-electron chi connectivity index (χ3n) is 3.64. The Balaban J connectivity index is 0.00000338. The molecule has 2 rings (SSSR count). The summed E-state index contributed by atoms with van der Waals surface area (Å²) >= 11 is 3.35. The van der Waals surface area contributed by atoms with Gasteiger partial charge < -0.3 is 16.4 Å². The lowest BCUT2D eigenvalue weighted by Crippen LogP contribution is -2.26. The molecule has 0 aliphatic heterocycles. The quantitative estimate of drug-likeness (QED) is 0.217. The van der Waals surface area contributed by atoms with E-state index in [9.17, 15) is 4.79 Å². The van der Waals surface area contributed by atoms with E-state index in [0.29, 0.717) is 24.6 Å². The summed E-state index contributed by atoms with van der Waals surface area (Å²) < 4.78 is 0.950. The second-order valence-electron chi connectivity index (χ2n) is 5.56. The van der Waals surface area contributed by atoms with Crippen molar-refractivity contribution in [1.82, 2.24) is 5.32 Å². The van der Waals surface area contributed by atoms with Gasteiger partial charge in [-0.3, -0.25) is 9.79 Å². The van der Waals surface area contributed by atoms with Crippen molar-refractivity contribution in [2.24, 2.45) is 10.7 Å². The summed E-state index contributed by atoms with van der Waals surface area (Å²) in [5.74, 6) is 0.294. The topological polar surface area (TPSA) is 79.5 Å². The lowest BCUT2D eigenvalue weighted by atomic mass is 10.1. The van der Waals surface area contributed by atoms with Crippen LogP contribution in [0.25, 0.3) is 0 Å². The van der Waals surface area contributed by atoms with Crippen LogP contribution in [0.5, 0.6) is 0 Å². The van der Waals surface area contributed by atoms with Crippen LogP contribution in [-0.4, -0.2) is 25.0 Å². The van der Waals surface area contributed by atoms with Crippen LogP contribution in [0.2, 0.25) is 0 Å². The molecule has 0 heterocycles. The number of benzene rings is 2. The molecule has 0 saturated carbocycles. The maximum absolute atomic E-state index is 11.9. The van der Waals surface area contributed by atoms with Gasteiger partial charge in [0.25, 0.3) is 5.91 Å². The highest BCUT2D eigenvalue weighted by Gasteiger charge is 2.03. The SMILES string of the molecule is CCc1ccc(NC(N)=NCCCNC(=O)c2ccc(Br)cc2)cc1.I. The van der Waals surface area contributed by atoms with Crippen molar-refractivity contribution in [1.29, 1.82) is 0 Å². The third kappa shape index (κ3) is 7.74. The lowest BCUT2D eigenvalue weighted by molar-refractivity contribution is 0.0953. The van der Waals surface area contributed by atoms with E-state index in [1.165, 1.54) is 5.56 Å². The Kier molecular flexibility index (Phi) is 10.3. The summed E-state index contributed by atoms with van der Waals surface area (Å²) in [5.41, 5.74) is 8.71. The minimum absolute atomic E-state index is 0. The average Bonchev–Trinajstić information content (AvgIpc) is 2.62. The van der Waals surface area contributed by atoms with Crippen molar-refractivity contribution >= 4 is 57.5 Å². The molecule has 1 amide bonds. The van der Waals surface area contributed by atoms with Crippen LogP contribution in [-0.2, 0) is 6.42 Å². The Hall–Kier alpha value is -1.61. The number of rotatable bonds is 7. The summed E-state index contributed by atoms with van der Waals surface area (Å²) in [6, 6.07) is 15.4. The highest BCUT2D eigenvalue weighted by atomic mass is 127. The van der Waals surface area contributed by atoms with Crippen LogP contribution in [0.4, 0.5) is 5.69 Å². The summed E-state index contributed by atoms with van der Waals surface area (Å²) in [5, 5.41) is 5.93. The molecule has 0 aliphatic rings. The van der Waals surface area contributed by atoms with Gasteiger partial charge in [0.1, 0.15) is 0 Å². The van der Waals surface area contributed by atoms with Gasteiger partial charge in [-0.05, 0) is 54.8 Å². The number of nitrogens with zero attached hydrogens (tertiary/aromatic N) is 1. The minimum atomic E-state index is -0.0846. The number of aryl methyl sites for hydroxylation is 1. The van der Waals surface area contributed by atoms with Gasteiger partial charge in [0.2, 0.25) is 0 Å². The monoisotopic (exact) mass is 530 g/mol.